The van der Waals surface area contributed by atoms with E-state index in [2.05, 4.69) is 11.6 Å². The van der Waals surface area contributed by atoms with Crippen LogP contribution in [0.5, 0.6) is 0 Å². The molecule has 0 aromatic heterocycles. The van der Waals surface area contributed by atoms with E-state index in [9.17, 15) is 13.5 Å². The molecule has 0 saturated heterocycles. The molecule has 0 atom stereocenters. The molecule has 20 heavy (non-hydrogen) atoms. The van der Waals surface area contributed by atoms with E-state index in [1.165, 1.54) is 12.1 Å². The monoisotopic (exact) mass is 298 g/mol. The number of aliphatic hydroxyl groups is 1. The summed E-state index contributed by atoms with van der Waals surface area (Å²) in [7, 11) is -3.66. The van der Waals surface area contributed by atoms with Gasteiger partial charge in [0.25, 0.3) is 0 Å². The summed E-state index contributed by atoms with van der Waals surface area (Å²) >= 11 is 0. The van der Waals surface area contributed by atoms with Gasteiger partial charge in [-0.3, -0.25) is 0 Å². The molecular formula is C14H22N2O3S. The molecule has 1 aromatic carbocycles. The van der Waals surface area contributed by atoms with E-state index in [0.29, 0.717) is 24.4 Å². The molecule has 2 rings (SSSR count). The molecular weight excluding hydrogens is 276 g/mol. The number of aliphatic hydroxyl groups excluding tert-OH is 1. The normalized spacial score (nSPS) is 27.4. The van der Waals surface area contributed by atoms with Crippen molar-refractivity contribution in [2.45, 2.75) is 43.0 Å². The maximum absolute atomic E-state index is 12.4. The number of hydrogen-bond acceptors (Lipinski definition) is 4. The Morgan fingerprint density at radius 2 is 2.05 bits per heavy atom. The fourth-order valence-electron chi connectivity index (χ4n) is 2.63. The lowest BCUT2D eigenvalue weighted by molar-refractivity contribution is 0.125. The Bertz CT molecular complexity index is 564. The number of anilines is 1. The second-order valence-electron chi connectivity index (χ2n) is 5.80. The number of nitrogens with one attached hydrogen (secondary N) is 1. The molecule has 4 N–H and O–H groups in total. The van der Waals surface area contributed by atoms with Gasteiger partial charge >= 0.3 is 0 Å². The van der Waals surface area contributed by atoms with Crippen LogP contribution in [0.4, 0.5) is 5.69 Å². The molecule has 1 fully saturated rings. The number of sulfonamides is 1. The van der Waals surface area contributed by atoms with Crippen molar-refractivity contribution in [3.8, 4) is 0 Å². The largest absolute Gasteiger partial charge is 0.399 e. The summed E-state index contributed by atoms with van der Waals surface area (Å²) in [6.07, 6.45) is 3.15. The van der Waals surface area contributed by atoms with Crippen molar-refractivity contribution in [3.63, 3.8) is 0 Å². The standard InChI is InChI=1S/C14H22N2O3S/c1-11-5-7-14(10-17,8-6-11)16-20(18,19)13-4-2-3-12(15)9-13/h2-4,9,11,16-17H,5-8,10,15H2,1H3. The predicted octanol–water partition coefficient (Wildman–Crippen LogP) is 1.49. The minimum Gasteiger partial charge on any atom is -0.399 e. The molecule has 0 spiro atoms. The van der Waals surface area contributed by atoms with Crippen LogP contribution >= 0.6 is 0 Å². The smallest absolute Gasteiger partial charge is 0.241 e. The van der Waals surface area contributed by atoms with Crippen molar-refractivity contribution in [1.29, 1.82) is 0 Å². The van der Waals surface area contributed by atoms with Crippen molar-refractivity contribution in [2.24, 2.45) is 5.92 Å². The maximum Gasteiger partial charge on any atom is 0.241 e. The van der Waals surface area contributed by atoms with Crippen molar-refractivity contribution in [3.05, 3.63) is 24.3 Å². The topological polar surface area (TPSA) is 92.4 Å². The molecule has 1 aromatic rings. The first-order valence-corrected chi connectivity index (χ1v) is 8.36. The Hall–Kier alpha value is -1.11. The van der Waals surface area contributed by atoms with Gasteiger partial charge in [-0.05, 0) is 49.8 Å². The van der Waals surface area contributed by atoms with Crippen LogP contribution in [-0.2, 0) is 10.0 Å². The fourth-order valence-corrected chi connectivity index (χ4v) is 4.14. The zero-order valence-electron chi connectivity index (χ0n) is 11.7. The van der Waals surface area contributed by atoms with Gasteiger partial charge in [-0.1, -0.05) is 13.0 Å². The van der Waals surface area contributed by atoms with E-state index in [0.717, 1.165) is 12.8 Å². The van der Waals surface area contributed by atoms with Gasteiger partial charge in [0.05, 0.1) is 17.0 Å². The fraction of sp³-hybridized carbons (Fsp3) is 0.571. The van der Waals surface area contributed by atoms with Gasteiger partial charge in [-0.2, -0.15) is 0 Å². The van der Waals surface area contributed by atoms with Crippen molar-refractivity contribution in [2.75, 3.05) is 12.3 Å². The minimum absolute atomic E-state index is 0.143. The van der Waals surface area contributed by atoms with Crippen LogP contribution < -0.4 is 10.5 Å². The SMILES string of the molecule is CC1CCC(CO)(NS(=O)(=O)c2cccc(N)c2)CC1. The first-order chi connectivity index (χ1) is 9.37. The molecule has 0 amide bonds. The van der Waals surface area contributed by atoms with Gasteiger partial charge in [0.15, 0.2) is 0 Å². The van der Waals surface area contributed by atoms with Crippen LogP contribution in [-0.4, -0.2) is 25.7 Å². The molecule has 1 saturated carbocycles. The summed E-state index contributed by atoms with van der Waals surface area (Å²) in [6.45, 7) is 1.97. The summed E-state index contributed by atoms with van der Waals surface area (Å²) in [5.41, 5.74) is 5.30. The lowest BCUT2D eigenvalue weighted by Gasteiger charge is -2.38. The average Bonchev–Trinajstić information content (AvgIpc) is 2.41. The van der Waals surface area contributed by atoms with Crippen LogP contribution in [0.15, 0.2) is 29.2 Å². The van der Waals surface area contributed by atoms with E-state index in [-0.39, 0.29) is 11.5 Å². The molecule has 5 nitrogen and oxygen atoms in total. The molecule has 112 valence electrons. The highest BCUT2D eigenvalue weighted by atomic mass is 32.2. The third-order valence-corrected chi connectivity index (χ3v) is 5.63. The summed E-state index contributed by atoms with van der Waals surface area (Å²) < 4.78 is 27.5. The zero-order valence-corrected chi connectivity index (χ0v) is 12.5. The highest BCUT2D eigenvalue weighted by molar-refractivity contribution is 7.89. The number of benzene rings is 1. The molecule has 0 radical (unpaired) electrons. The zero-order chi connectivity index (χ0) is 14.8. The molecule has 6 heteroatoms. The van der Waals surface area contributed by atoms with Gasteiger partial charge in [-0.15, -0.1) is 0 Å². The van der Waals surface area contributed by atoms with E-state index in [1.807, 2.05) is 0 Å². The molecule has 0 heterocycles. The minimum atomic E-state index is -3.66. The number of hydrogen-bond donors (Lipinski definition) is 3. The van der Waals surface area contributed by atoms with E-state index >= 15 is 0 Å². The van der Waals surface area contributed by atoms with Gasteiger partial charge in [0.1, 0.15) is 0 Å². The number of nitrogen functional groups attached to an aromatic ring is 1. The summed E-state index contributed by atoms with van der Waals surface area (Å²) in [5, 5.41) is 9.64. The number of nitrogens with two attached hydrogens (primary N) is 1. The molecule has 0 unspecified atom stereocenters. The Kier molecular flexibility index (Phi) is 4.36. The third kappa shape index (κ3) is 3.31. The second-order valence-corrected chi connectivity index (χ2v) is 7.48. The molecule has 1 aliphatic rings. The van der Waals surface area contributed by atoms with Crippen LogP contribution in [0.1, 0.15) is 32.6 Å². The van der Waals surface area contributed by atoms with Crippen molar-refractivity contribution >= 4 is 15.7 Å². The second kappa shape index (κ2) is 5.71. The maximum atomic E-state index is 12.4. The van der Waals surface area contributed by atoms with Gasteiger partial charge < -0.3 is 10.8 Å². The van der Waals surface area contributed by atoms with Gasteiger partial charge in [-0.25, -0.2) is 13.1 Å². The predicted molar refractivity (Wildman–Crippen MR) is 78.6 cm³/mol. The molecule has 0 aliphatic heterocycles. The lowest BCUT2D eigenvalue weighted by Crippen LogP contribution is -2.53. The van der Waals surface area contributed by atoms with Crippen molar-refractivity contribution in [1.82, 2.24) is 4.72 Å². The van der Waals surface area contributed by atoms with Crippen molar-refractivity contribution < 1.29 is 13.5 Å². The van der Waals surface area contributed by atoms with E-state index < -0.39 is 15.6 Å². The summed E-state index contributed by atoms with van der Waals surface area (Å²) in [5.74, 6) is 0.576. The Morgan fingerprint density at radius 1 is 1.40 bits per heavy atom. The first-order valence-electron chi connectivity index (χ1n) is 6.87. The lowest BCUT2D eigenvalue weighted by atomic mass is 9.78. The highest BCUT2D eigenvalue weighted by Gasteiger charge is 2.37. The van der Waals surface area contributed by atoms with Gasteiger partial charge in [0, 0.05) is 5.69 Å². The summed E-state index contributed by atoms with van der Waals surface area (Å²) in [6, 6.07) is 6.19. The van der Waals surface area contributed by atoms with Crippen LogP contribution in [0.2, 0.25) is 0 Å². The van der Waals surface area contributed by atoms with Gasteiger partial charge in [0.2, 0.25) is 10.0 Å². The van der Waals surface area contributed by atoms with Crippen LogP contribution in [0.3, 0.4) is 0 Å². The van der Waals surface area contributed by atoms with E-state index in [4.69, 9.17) is 5.73 Å². The Labute approximate surface area is 120 Å². The molecule has 1 aliphatic carbocycles. The van der Waals surface area contributed by atoms with Crippen LogP contribution in [0, 0.1) is 5.92 Å². The first kappa shape index (κ1) is 15.3. The highest BCUT2D eigenvalue weighted by Crippen LogP contribution is 2.33. The number of rotatable bonds is 4. The third-order valence-electron chi connectivity index (χ3n) is 4.05. The molecule has 0 bridgehead atoms. The Morgan fingerprint density at radius 3 is 2.60 bits per heavy atom. The summed E-state index contributed by atoms with van der Waals surface area (Å²) in [4.78, 5) is 0.143. The van der Waals surface area contributed by atoms with Crippen LogP contribution in [0.25, 0.3) is 0 Å². The quantitative estimate of drug-likeness (QED) is 0.734. The van der Waals surface area contributed by atoms with E-state index in [1.54, 1.807) is 12.1 Å². The average molecular weight is 298 g/mol. The Balaban J connectivity index is 2.22.